The summed E-state index contributed by atoms with van der Waals surface area (Å²) >= 11 is 0. The van der Waals surface area contributed by atoms with Crippen molar-refractivity contribution in [2.75, 3.05) is 14.1 Å². The van der Waals surface area contributed by atoms with Gasteiger partial charge in [0, 0.05) is 18.1 Å². The van der Waals surface area contributed by atoms with Crippen LogP contribution in [0.5, 0.6) is 0 Å². The van der Waals surface area contributed by atoms with E-state index in [4.69, 9.17) is 4.74 Å². The molecule has 0 saturated carbocycles. The number of esters is 1. The molecule has 0 bridgehead atoms. The second-order valence-electron chi connectivity index (χ2n) is 6.59. The third kappa shape index (κ3) is 5.43. The molecule has 0 heterocycles. The van der Waals surface area contributed by atoms with E-state index >= 15 is 0 Å². The Labute approximate surface area is 134 Å². The van der Waals surface area contributed by atoms with Gasteiger partial charge in [0.1, 0.15) is 0 Å². The summed E-state index contributed by atoms with van der Waals surface area (Å²) in [7, 11) is 4.15. The number of nitrogens with one attached hydrogen (secondary N) is 1. The highest BCUT2D eigenvalue weighted by molar-refractivity contribution is 5.89. The average Bonchev–Trinajstić information content (AvgIpc) is 2.37. The first-order valence-electron chi connectivity index (χ1n) is 7.95. The van der Waals surface area contributed by atoms with Crippen LogP contribution in [0, 0.1) is 0 Å². The Morgan fingerprint density at radius 1 is 1.05 bits per heavy atom. The maximum atomic E-state index is 11.9. The number of hydrogen-bond acceptors (Lipinski definition) is 4. The van der Waals surface area contributed by atoms with Crippen molar-refractivity contribution in [3.05, 3.63) is 35.4 Å². The topological polar surface area (TPSA) is 41.6 Å². The quantitative estimate of drug-likeness (QED) is 0.785. The Morgan fingerprint density at radius 3 is 2.00 bits per heavy atom. The first-order chi connectivity index (χ1) is 10.2. The Hall–Kier alpha value is -1.39. The molecule has 0 amide bonds. The van der Waals surface area contributed by atoms with Crippen LogP contribution in [-0.4, -0.2) is 43.2 Å². The first-order valence-corrected chi connectivity index (χ1v) is 7.95. The highest BCUT2D eigenvalue weighted by Crippen LogP contribution is 2.23. The van der Waals surface area contributed by atoms with Crippen molar-refractivity contribution in [1.82, 2.24) is 10.2 Å². The van der Waals surface area contributed by atoms with Crippen LogP contribution >= 0.6 is 0 Å². The minimum Gasteiger partial charge on any atom is -0.459 e. The predicted octanol–water partition coefficient (Wildman–Crippen LogP) is 3.24. The zero-order chi connectivity index (χ0) is 16.9. The van der Waals surface area contributed by atoms with Crippen molar-refractivity contribution in [2.24, 2.45) is 0 Å². The van der Waals surface area contributed by atoms with Gasteiger partial charge < -0.3 is 15.0 Å². The van der Waals surface area contributed by atoms with Crippen molar-refractivity contribution < 1.29 is 9.53 Å². The fourth-order valence-corrected chi connectivity index (χ4v) is 2.75. The Morgan fingerprint density at radius 2 is 1.59 bits per heavy atom. The number of benzene rings is 1. The highest BCUT2D eigenvalue weighted by Gasteiger charge is 2.22. The van der Waals surface area contributed by atoms with Crippen LogP contribution in [0.15, 0.2) is 24.3 Å². The summed E-state index contributed by atoms with van der Waals surface area (Å²) < 4.78 is 5.22. The number of likely N-dealkylation sites (N-methyl/N-ethyl adjacent to an activating group) is 1. The van der Waals surface area contributed by atoms with Gasteiger partial charge in [-0.15, -0.1) is 0 Å². The average molecular weight is 306 g/mol. The van der Waals surface area contributed by atoms with Gasteiger partial charge in [0.2, 0.25) is 0 Å². The summed E-state index contributed by atoms with van der Waals surface area (Å²) in [5.74, 6) is -0.267. The third-order valence-corrected chi connectivity index (χ3v) is 3.46. The van der Waals surface area contributed by atoms with E-state index in [2.05, 4.69) is 45.1 Å². The second-order valence-corrected chi connectivity index (χ2v) is 6.59. The molecule has 22 heavy (non-hydrogen) atoms. The molecular weight excluding hydrogens is 276 g/mol. The van der Waals surface area contributed by atoms with Gasteiger partial charge in [0.25, 0.3) is 0 Å². The molecule has 1 aromatic carbocycles. The van der Waals surface area contributed by atoms with Crippen LogP contribution in [0.3, 0.4) is 0 Å². The van der Waals surface area contributed by atoms with E-state index in [0.717, 1.165) is 0 Å². The van der Waals surface area contributed by atoms with Gasteiger partial charge in [-0.1, -0.05) is 26.0 Å². The Bertz CT molecular complexity index is 466. The number of carbonyl (C=O) groups is 1. The maximum absolute atomic E-state index is 11.9. The number of nitrogens with zero attached hydrogens (tertiary/aromatic N) is 1. The van der Waals surface area contributed by atoms with Crippen molar-refractivity contribution in [2.45, 2.75) is 58.8 Å². The Balaban J connectivity index is 2.91. The van der Waals surface area contributed by atoms with Crippen LogP contribution in [0.25, 0.3) is 0 Å². The van der Waals surface area contributed by atoms with E-state index in [9.17, 15) is 4.79 Å². The molecule has 1 rings (SSSR count). The van der Waals surface area contributed by atoms with Crippen LogP contribution in [0.1, 0.15) is 56.6 Å². The molecule has 0 aliphatic heterocycles. The molecule has 1 aromatic rings. The normalized spacial score (nSPS) is 14.5. The van der Waals surface area contributed by atoms with Crippen LogP contribution in [0.4, 0.5) is 0 Å². The third-order valence-electron chi connectivity index (χ3n) is 3.46. The molecule has 4 nitrogen and oxygen atoms in total. The minimum atomic E-state index is -0.267. The van der Waals surface area contributed by atoms with E-state index < -0.39 is 0 Å². The summed E-state index contributed by atoms with van der Waals surface area (Å²) in [5.41, 5.74) is 1.78. The lowest BCUT2D eigenvalue weighted by Crippen LogP contribution is -2.42. The molecule has 0 aliphatic rings. The molecule has 0 radical (unpaired) electrons. The molecule has 4 heteroatoms. The van der Waals surface area contributed by atoms with Crippen molar-refractivity contribution in [3.8, 4) is 0 Å². The van der Waals surface area contributed by atoms with Crippen molar-refractivity contribution in [1.29, 1.82) is 0 Å². The predicted molar refractivity (Wildman–Crippen MR) is 91.2 cm³/mol. The van der Waals surface area contributed by atoms with E-state index in [0.29, 0.717) is 17.6 Å². The molecule has 0 aromatic heterocycles. The molecule has 2 atom stereocenters. The zero-order valence-electron chi connectivity index (χ0n) is 14.9. The van der Waals surface area contributed by atoms with Crippen molar-refractivity contribution in [3.63, 3.8) is 0 Å². The minimum absolute atomic E-state index is 0.100. The summed E-state index contributed by atoms with van der Waals surface area (Å²) in [5, 5.41) is 3.55. The van der Waals surface area contributed by atoms with Gasteiger partial charge in [-0.3, -0.25) is 0 Å². The molecule has 0 aliphatic carbocycles. The smallest absolute Gasteiger partial charge is 0.338 e. The second kappa shape index (κ2) is 8.30. The molecule has 1 N–H and O–H groups in total. The van der Waals surface area contributed by atoms with E-state index in [1.807, 2.05) is 38.1 Å². The van der Waals surface area contributed by atoms with Gasteiger partial charge in [0.05, 0.1) is 11.7 Å². The standard InChI is InChI=1S/C18H30N2O2/c1-12(2)19-14(5)17(20(6)7)15-8-10-16(11-9-15)18(21)22-13(3)4/h8-14,17,19H,1-7H3/t14-,17+/m0/s1. The monoisotopic (exact) mass is 306 g/mol. The van der Waals surface area contributed by atoms with E-state index in [-0.39, 0.29) is 18.1 Å². The first kappa shape index (κ1) is 18.7. The highest BCUT2D eigenvalue weighted by atomic mass is 16.5. The molecule has 0 spiro atoms. The number of hydrogen-bond donors (Lipinski definition) is 1. The molecule has 0 saturated heterocycles. The van der Waals surface area contributed by atoms with Crippen molar-refractivity contribution >= 4 is 5.97 Å². The van der Waals surface area contributed by atoms with E-state index in [1.165, 1.54) is 5.56 Å². The number of carbonyl (C=O) groups excluding carboxylic acids is 1. The van der Waals surface area contributed by atoms with Gasteiger partial charge in [0.15, 0.2) is 0 Å². The Kier molecular flexibility index (Phi) is 7.04. The molecular formula is C18H30N2O2. The lowest BCUT2D eigenvalue weighted by Gasteiger charge is -2.32. The zero-order valence-corrected chi connectivity index (χ0v) is 14.9. The van der Waals surface area contributed by atoms with Crippen LogP contribution in [0.2, 0.25) is 0 Å². The molecule has 0 unspecified atom stereocenters. The number of rotatable bonds is 7. The summed E-state index contributed by atoms with van der Waals surface area (Å²) in [6.45, 7) is 10.2. The lowest BCUT2D eigenvalue weighted by molar-refractivity contribution is 0.0378. The fraction of sp³-hybridized carbons (Fsp3) is 0.611. The number of ether oxygens (including phenoxy) is 1. The van der Waals surface area contributed by atoms with Gasteiger partial charge in [-0.05, 0) is 52.6 Å². The lowest BCUT2D eigenvalue weighted by atomic mass is 9.97. The summed E-state index contributed by atoms with van der Waals surface area (Å²) in [6.07, 6.45) is -0.100. The van der Waals surface area contributed by atoms with Crippen LogP contribution < -0.4 is 5.32 Å². The summed E-state index contributed by atoms with van der Waals surface area (Å²) in [4.78, 5) is 14.1. The molecule has 124 valence electrons. The largest absolute Gasteiger partial charge is 0.459 e. The maximum Gasteiger partial charge on any atom is 0.338 e. The fourth-order valence-electron chi connectivity index (χ4n) is 2.75. The van der Waals surface area contributed by atoms with Gasteiger partial charge >= 0.3 is 5.97 Å². The molecule has 0 fully saturated rings. The van der Waals surface area contributed by atoms with Crippen LogP contribution in [-0.2, 0) is 4.74 Å². The van der Waals surface area contributed by atoms with Gasteiger partial charge in [-0.2, -0.15) is 0 Å². The summed E-state index contributed by atoms with van der Waals surface area (Å²) in [6, 6.07) is 8.70. The SMILES string of the molecule is CC(C)N[C@@H](C)[C@H](c1ccc(C(=O)OC(C)C)cc1)N(C)C. The van der Waals surface area contributed by atoms with Gasteiger partial charge in [-0.25, -0.2) is 4.79 Å². The van der Waals surface area contributed by atoms with E-state index in [1.54, 1.807) is 0 Å².